The van der Waals surface area contributed by atoms with Crippen LogP contribution in [0.4, 0.5) is 17.3 Å². The molecule has 2 aromatic rings. The number of nitrogens with two attached hydrogens (primary N) is 1. The van der Waals surface area contributed by atoms with Crippen molar-refractivity contribution in [3.8, 4) is 0 Å². The Balaban J connectivity index is 1.98. The van der Waals surface area contributed by atoms with Crippen molar-refractivity contribution in [2.24, 2.45) is 0 Å². The predicted octanol–water partition coefficient (Wildman–Crippen LogP) is 1.78. The maximum absolute atomic E-state index is 6.03. The number of nitrogen functional groups attached to an aromatic ring is 1. The van der Waals surface area contributed by atoms with Gasteiger partial charge in [-0.25, -0.2) is 9.97 Å². The summed E-state index contributed by atoms with van der Waals surface area (Å²) >= 11 is 0. The molecular formula is C14H19N5. The first kappa shape index (κ1) is 13.1. The first-order chi connectivity index (χ1) is 9.18. The molecule has 0 bridgehead atoms. The molecular weight excluding hydrogens is 238 g/mol. The molecule has 19 heavy (non-hydrogen) atoms. The molecule has 0 aliphatic rings. The van der Waals surface area contributed by atoms with Gasteiger partial charge in [-0.05, 0) is 12.0 Å². The van der Waals surface area contributed by atoms with E-state index in [2.05, 4.69) is 27.4 Å². The van der Waals surface area contributed by atoms with Crippen LogP contribution in [-0.4, -0.2) is 30.6 Å². The fraction of sp³-hybridized carbons (Fsp3) is 0.286. The van der Waals surface area contributed by atoms with Crippen molar-refractivity contribution in [3.05, 3.63) is 42.2 Å². The van der Waals surface area contributed by atoms with E-state index in [0.717, 1.165) is 18.8 Å². The summed E-state index contributed by atoms with van der Waals surface area (Å²) in [7, 11) is 3.82. The van der Waals surface area contributed by atoms with E-state index in [1.807, 2.05) is 37.2 Å². The molecule has 3 N–H and O–H groups in total. The predicted molar refractivity (Wildman–Crippen MR) is 79.4 cm³/mol. The lowest BCUT2D eigenvalue weighted by atomic mass is 10.1. The number of hydrogen-bond donors (Lipinski definition) is 2. The Bertz CT molecular complexity index is 525. The summed E-state index contributed by atoms with van der Waals surface area (Å²) in [5, 5.41) is 3.25. The van der Waals surface area contributed by atoms with Gasteiger partial charge in [-0.3, -0.25) is 0 Å². The van der Waals surface area contributed by atoms with Gasteiger partial charge < -0.3 is 16.0 Å². The van der Waals surface area contributed by atoms with Gasteiger partial charge in [0.25, 0.3) is 0 Å². The number of aromatic nitrogens is 2. The highest BCUT2D eigenvalue weighted by molar-refractivity contribution is 5.74. The molecule has 0 aliphatic carbocycles. The Kier molecular flexibility index (Phi) is 4.18. The van der Waals surface area contributed by atoms with E-state index in [1.165, 1.54) is 11.9 Å². The van der Waals surface area contributed by atoms with Crippen LogP contribution in [0, 0.1) is 0 Å². The Labute approximate surface area is 113 Å². The second-order valence-electron chi connectivity index (χ2n) is 4.52. The van der Waals surface area contributed by atoms with Crippen LogP contribution >= 0.6 is 0 Å². The van der Waals surface area contributed by atoms with Gasteiger partial charge in [-0.1, -0.05) is 30.3 Å². The SMILES string of the molecule is CN(C)c1ncnc(NCCc2ccccc2)c1N. The standard InChI is InChI=1S/C14H19N5/c1-19(2)14-12(15)13(17-10-18-14)16-9-8-11-6-4-3-5-7-11/h3-7,10H,8-9,15H2,1-2H3,(H,16,17,18). The normalized spacial score (nSPS) is 10.2. The monoisotopic (exact) mass is 257 g/mol. The fourth-order valence-electron chi connectivity index (χ4n) is 1.85. The number of nitrogens with zero attached hydrogens (tertiary/aromatic N) is 3. The van der Waals surface area contributed by atoms with Crippen molar-refractivity contribution in [2.75, 3.05) is 36.6 Å². The highest BCUT2D eigenvalue weighted by Gasteiger charge is 2.08. The van der Waals surface area contributed by atoms with E-state index in [1.54, 1.807) is 0 Å². The summed E-state index contributed by atoms with van der Waals surface area (Å²) < 4.78 is 0. The first-order valence-corrected chi connectivity index (χ1v) is 6.24. The number of hydrogen-bond acceptors (Lipinski definition) is 5. The van der Waals surface area contributed by atoms with Crippen molar-refractivity contribution < 1.29 is 0 Å². The van der Waals surface area contributed by atoms with Crippen molar-refractivity contribution >= 4 is 17.3 Å². The van der Waals surface area contributed by atoms with Gasteiger partial charge >= 0.3 is 0 Å². The molecule has 1 aromatic heterocycles. The smallest absolute Gasteiger partial charge is 0.156 e. The minimum absolute atomic E-state index is 0.584. The van der Waals surface area contributed by atoms with Gasteiger partial charge in [-0.2, -0.15) is 0 Å². The Morgan fingerprint density at radius 1 is 1.16 bits per heavy atom. The quantitative estimate of drug-likeness (QED) is 0.854. The first-order valence-electron chi connectivity index (χ1n) is 6.24. The molecule has 0 amide bonds. The molecule has 1 heterocycles. The summed E-state index contributed by atoms with van der Waals surface area (Å²) in [5.74, 6) is 1.42. The average molecular weight is 257 g/mol. The molecule has 5 heteroatoms. The van der Waals surface area contributed by atoms with Crippen molar-refractivity contribution in [1.29, 1.82) is 0 Å². The van der Waals surface area contributed by atoms with Gasteiger partial charge in [0.2, 0.25) is 0 Å². The van der Waals surface area contributed by atoms with Crippen molar-refractivity contribution in [3.63, 3.8) is 0 Å². The Hall–Kier alpha value is -2.30. The number of nitrogens with one attached hydrogen (secondary N) is 1. The molecule has 0 atom stereocenters. The Morgan fingerprint density at radius 3 is 2.58 bits per heavy atom. The van der Waals surface area contributed by atoms with Crippen molar-refractivity contribution in [2.45, 2.75) is 6.42 Å². The molecule has 0 fully saturated rings. The van der Waals surface area contributed by atoms with Gasteiger partial charge in [0.1, 0.15) is 12.0 Å². The van der Waals surface area contributed by atoms with Gasteiger partial charge in [0, 0.05) is 20.6 Å². The summed E-state index contributed by atoms with van der Waals surface area (Å²) in [6, 6.07) is 10.3. The molecule has 5 nitrogen and oxygen atoms in total. The van der Waals surface area contributed by atoms with Crippen LogP contribution in [0.25, 0.3) is 0 Å². The van der Waals surface area contributed by atoms with E-state index >= 15 is 0 Å². The second-order valence-corrected chi connectivity index (χ2v) is 4.52. The molecule has 0 saturated heterocycles. The largest absolute Gasteiger partial charge is 0.393 e. The minimum Gasteiger partial charge on any atom is -0.393 e. The highest BCUT2D eigenvalue weighted by atomic mass is 15.2. The molecule has 2 rings (SSSR count). The third kappa shape index (κ3) is 3.34. The van der Waals surface area contributed by atoms with Crippen LogP contribution < -0.4 is 16.0 Å². The van der Waals surface area contributed by atoms with Crippen LogP contribution in [0.1, 0.15) is 5.56 Å². The maximum atomic E-state index is 6.03. The van der Waals surface area contributed by atoms with Crippen LogP contribution in [0.15, 0.2) is 36.7 Å². The number of rotatable bonds is 5. The number of anilines is 3. The molecule has 0 unspecified atom stereocenters. The maximum Gasteiger partial charge on any atom is 0.156 e. The summed E-state index contributed by atoms with van der Waals surface area (Å²) in [6.45, 7) is 0.790. The van der Waals surface area contributed by atoms with E-state index < -0.39 is 0 Å². The molecule has 0 spiro atoms. The fourth-order valence-corrected chi connectivity index (χ4v) is 1.85. The second kappa shape index (κ2) is 6.04. The van der Waals surface area contributed by atoms with Gasteiger partial charge in [0.15, 0.2) is 11.6 Å². The minimum atomic E-state index is 0.584. The van der Waals surface area contributed by atoms with E-state index in [0.29, 0.717) is 11.5 Å². The zero-order valence-corrected chi connectivity index (χ0v) is 11.3. The van der Waals surface area contributed by atoms with Gasteiger partial charge in [0.05, 0.1) is 0 Å². The average Bonchev–Trinajstić information content (AvgIpc) is 2.41. The molecule has 1 aromatic carbocycles. The van der Waals surface area contributed by atoms with Crippen LogP contribution in [0.2, 0.25) is 0 Å². The summed E-state index contributed by atoms with van der Waals surface area (Å²) in [5.41, 5.74) is 7.91. The zero-order chi connectivity index (χ0) is 13.7. The summed E-state index contributed by atoms with van der Waals surface area (Å²) in [4.78, 5) is 10.2. The lowest BCUT2D eigenvalue weighted by Crippen LogP contribution is -2.16. The lowest BCUT2D eigenvalue weighted by molar-refractivity contribution is 0.990. The van der Waals surface area contributed by atoms with E-state index in [9.17, 15) is 0 Å². The van der Waals surface area contributed by atoms with Gasteiger partial charge in [-0.15, -0.1) is 0 Å². The van der Waals surface area contributed by atoms with E-state index in [4.69, 9.17) is 5.73 Å². The van der Waals surface area contributed by atoms with Crippen LogP contribution in [0.3, 0.4) is 0 Å². The Morgan fingerprint density at radius 2 is 1.89 bits per heavy atom. The zero-order valence-electron chi connectivity index (χ0n) is 11.3. The van der Waals surface area contributed by atoms with Crippen LogP contribution in [0.5, 0.6) is 0 Å². The topological polar surface area (TPSA) is 67.1 Å². The summed E-state index contributed by atoms with van der Waals surface area (Å²) in [6.07, 6.45) is 2.46. The molecule has 0 saturated carbocycles. The van der Waals surface area contributed by atoms with Crippen molar-refractivity contribution in [1.82, 2.24) is 9.97 Å². The molecule has 0 radical (unpaired) electrons. The lowest BCUT2D eigenvalue weighted by Gasteiger charge is -2.16. The molecule has 0 aliphatic heterocycles. The molecule has 100 valence electrons. The van der Waals surface area contributed by atoms with E-state index in [-0.39, 0.29) is 0 Å². The third-order valence-corrected chi connectivity index (χ3v) is 2.84. The highest BCUT2D eigenvalue weighted by Crippen LogP contribution is 2.23. The van der Waals surface area contributed by atoms with Crippen LogP contribution in [-0.2, 0) is 6.42 Å². The third-order valence-electron chi connectivity index (χ3n) is 2.84. The number of benzene rings is 1.